The summed E-state index contributed by atoms with van der Waals surface area (Å²) in [5.41, 5.74) is 6.69. The summed E-state index contributed by atoms with van der Waals surface area (Å²) in [4.78, 5) is 11.9. The number of hydrogen-bond donors (Lipinski definition) is 2. The van der Waals surface area contributed by atoms with Gasteiger partial charge in [-0.2, -0.15) is 5.10 Å². The lowest BCUT2D eigenvalue weighted by Crippen LogP contribution is -2.22. The molecular weight excluding hydrogens is 472 g/mol. The van der Waals surface area contributed by atoms with Crippen LogP contribution in [0.25, 0.3) is 16.6 Å². The van der Waals surface area contributed by atoms with Crippen molar-refractivity contribution in [2.75, 3.05) is 6.61 Å². The monoisotopic (exact) mass is 502 g/mol. The molecule has 3 N–H and O–H groups in total. The first kappa shape index (κ1) is 25.3. The maximum atomic E-state index is 11.9. The van der Waals surface area contributed by atoms with E-state index in [0.29, 0.717) is 28.9 Å². The van der Waals surface area contributed by atoms with E-state index in [1.54, 1.807) is 22.5 Å². The average Bonchev–Trinajstić information content (AvgIpc) is 3.46. The number of rotatable bonds is 8. The summed E-state index contributed by atoms with van der Waals surface area (Å²) in [5.74, 6) is 5.30. The summed E-state index contributed by atoms with van der Waals surface area (Å²) in [6, 6.07) is 15.8. The second-order valence-electron chi connectivity index (χ2n) is 10.0. The summed E-state index contributed by atoms with van der Waals surface area (Å²) in [6.07, 6.45) is 1.64. The summed E-state index contributed by atoms with van der Waals surface area (Å²) < 4.78 is 8.90. The quantitative estimate of drug-likeness (QED) is 0.217. The van der Waals surface area contributed by atoms with Crippen LogP contribution in [0, 0.1) is 11.8 Å². The van der Waals surface area contributed by atoms with Crippen molar-refractivity contribution >= 4 is 24.9 Å². The third-order valence-electron chi connectivity index (χ3n) is 5.62. The number of nitrogens with two attached hydrogens (primary N) is 1. The molecule has 186 valence electrons. The second-order valence-corrected chi connectivity index (χ2v) is 15.6. The fourth-order valence-electron chi connectivity index (χ4n) is 3.54. The number of aromatic nitrogens is 5. The highest BCUT2D eigenvalue weighted by molar-refractivity contribution is 6.76. The van der Waals surface area contributed by atoms with Gasteiger partial charge >= 0.3 is 0 Å². The number of hydrogen-bond acceptors (Lipinski definition) is 6. The van der Waals surface area contributed by atoms with Crippen LogP contribution in [0.4, 0.5) is 0 Å². The predicted molar refractivity (Wildman–Crippen MR) is 140 cm³/mol. The van der Waals surface area contributed by atoms with Crippen molar-refractivity contribution in [3.05, 3.63) is 71.7 Å². The van der Waals surface area contributed by atoms with E-state index in [9.17, 15) is 9.90 Å². The van der Waals surface area contributed by atoms with Crippen LogP contribution in [0.5, 0.6) is 0 Å². The summed E-state index contributed by atoms with van der Waals surface area (Å²) in [6.45, 7) is 9.41. The molecule has 4 rings (SSSR count). The van der Waals surface area contributed by atoms with Gasteiger partial charge in [0, 0.05) is 25.6 Å². The van der Waals surface area contributed by atoms with Crippen LogP contribution in [0.2, 0.25) is 25.7 Å². The van der Waals surface area contributed by atoms with Gasteiger partial charge in [0.2, 0.25) is 0 Å². The van der Waals surface area contributed by atoms with Crippen molar-refractivity contribution in [2.45, 2.75) is 44.9 Å². The number of nitrogens with zero attached hydrogens (tertiary/aromatic N) is 5. The lowest BCUT2D eigenvalue weighted by atomic mass is 10.0. The van der Waals surface area contributed by atoms with Crippen molar-refractivity contribution in [3.8, 4) is 17.5 Å². The number of fused-ring (bicyclic) bond motifs is 1. The Morgan fingerprint density at radius 1 is 1.19 bits per heavy atom. The van der Waals surface area contributed by atoms with Gasteiger partial charge in [0.15, 0.2) is 11.3 Å². The van der Waals surface area contributed by atoms with Gasteiger partial charge in [-0.3, -0.25) is 4.79 Å². The molecule has 36 heavy (non-hydrogen) atoms. The van der Waals surface area contributed by atoms with Crippen molar-refractivity contribution in [1.82, 2.24) is 24.8 Å². The summed E-state index contributed by atoms with van der Waals surface area (Å²) in [7, 11) is -1.16. The van der Waals surface area contributed by atoms with E-state index in [4.69, 9.17) is 10.5 Å². The number of benzene rings is 2. The van der Waals surface area contributed by atoms with Crippen molar-refractivity contribution < 1.29 is 14.6 Å². The smallest absolute Gasteiger partial charge is 0.269 e. The molecule has 0 bridgehead atoms. The average molecular weight is 503 g/mol. The molecule has 1 amide bonds. The fourth-order valence-corrected chi connectivity index (χ4v) is 4.30. The first-order valence-electron chi connectivity index (χ1n) is 11.7. The number of ether oxygens (including phenoxy) is 1. The van der Waals surface area contributed by atoms with E-state index >= 15 is 0 Å². The van der Waals surface area contributed by atoms with Gasteiger partial charge < -0.3 is 15.6 Å². The molecule has 2 heterocycles. The van der Waals surface area contributed by atoms with Crippen LogP contribution in [-0.2, 0) is 17.1 Å². The molecule has 0 radical (unpaired) electrons. The number of amides is 1. The van der Waals surface area contributed by atoms with E-state index in [-0.39, 0.29) is 12.4 Å². The number of aliphatic hydroxyl groups is 1. The van der Waals surface area contributed by atoms with Gasteiger partial charge in [0.05, 0.1) is 17.4 Å². The molecule has 0 aliphatic carbocycles. The van der Waals surface area contributed by atoms with Gasteiger partial charge in [0.1, 0.15) is 12.4 Å². The van der Waals surface area contributed by atoms with Crippen molar-refractivity contribution in [2.24, 2.45) is 5.73 Å². The Bertz CT molecular complexity index is 1460. The van der Waals surface area contributed by atoms with E-state index in [1.165, 1.54) is 0 Å². The lowest BCUT2D eigenvalue weighted by molar-refractivity contribution is 0.0770. The molecule has 0 spiro atoms. The highest BCUT2D eigenvalue weighted by Gasteiger charge is 2.24. The molecule has 0 saturated carbocycles. The van der Waals surface area contributed by atoms with Crippen LogP contribution < -0.4 is 5.73 Å². The van der Waals surface area contributed by atoms with Crippen molar-refractivity contribution in [3.63, 3.8) is 0 Å². The van der Waals surface area contributed by atoms with Crippen LogP contribution in [-0.4, -0.2) is 50.5 Å². The Kier molecular flexibility index (Phi) is 7.08. The van der Waals surface area contributed by atoms with Crippen LogP contribution in [0.3, 0.4) is 0 Å². The van der Waals surface area contributed by atoms with E-state index < -0.39 is 19.6 Å². The Morgan fingerprint density at radius 2 is 1.97 bits per heavy atom. The highest BCUT2D eigenvalue weighted by Crippen LogP contribution is 2.23. The Balaban J connectivity index is 1.52. The molecule has 0 aliphatic heterocycles. The second kappa shape index (κ2) is 10.1. The largest absolute Gasteiger partial charge is 0.372 e. The maximum absolute atomic E-state index is 11.9. The van der Waals surface area contributed by atoms with Gasteiger partial charge in [-0.05, 0) is 37.2 Å². The maximum Gasteiger partial charge on any atom is 0.269 e. The zero-order chi connectivity index (χ0) is 25.9. The molecule has 1 atom stereocenters. The molecule has 0 fully saturated rings. The van der Waals surface area contributed by atoms with Crippen LogP contribution in [0.1, 0.15) is 28.7 Å². The number of primary amides is 1. The lowest BCUT2D eigenvalue weighted by Gasteiger charge is -2.15. The van der Waals surface area contributed by atoms with E-state index in [2.05, 4.69) is 46.9 Å². The zero-order valence-electron chi connectivity index (χ0n) is 20.9. The van der Waals surface area contributed by atoms with E-state index in [0.717, 1.165) is 11.6 Å². The highest BCUT2D eigenvalue weighted by atomic mass is 28.3. The topological polar surface area (TPSA) is 121 Å². The normalized spacial score (nSPS) is 13.2. The SMILES string of the molecule is CC(O)(C#Cc1cccc(-n2nc(C(N)=O)c3ccccc32)c1)c1cn(COCC[Si](C)(C)C)nn1. The third kappa shape index (κ3) is 5.88. The fraction of sp³-hybridized carbons (Fsp3) is 0.308. The number of para-hydroxylation sites is 1. The Morgan fingerprint density at radius 3 is 2.72 bits per heavy atom. The zero-order valence-corrected chi connectivity index (χ0v) is 21.9. The molecule has 0 saturated heterocycles. The first-order valence-corrected chi connectivity index (χ1v) is 15.4. The van der Waals surface area contributed by atoms with Gasteiger partial charge in [-0.25, -0.2) is 9.36 Å². The van der Waals surface area contributed by atoms with Gasteiger partial charge in [-0.15, -0.1) is 5.10 Å². The van der Waals surface area contributed by atoms with Gasteiger partial charge in [-0.1, -0.05) is 61.0 Å². The molecule has 0 aliphatic rings. The number of carbonyl (C=O) groups excluding carboxylic acids is 1. The minimum atomic E-state index is -1.51. The predicted octanol–water partition coefficient (Wildman–Crippen LogP) is 3.29. The molecule has 2 aromatic heterocycles. The summed E-state index contributed by atoms with van der Waals surface area (Å²) >= 11 is 0. The van der Waals surface area contributed by atoms with Crippen LogP contribution in [0.15, 0.2) is 54.7 Å². The third-order valence-corrected chi connectivity index (χ3v) is 7.32. The minimum Gasteiger partial charge on any atom is -0.372 e. The van der Waals surface area contributed by atoms with E-state index in [1.807, 2.05) is 48.5 Å². The molecule has 2 aromatic carbocycles. The van der Waals surface area contributed by atoms with Crippen LogP contribution >= 0.6 is 0 Å². The molecule has 10 heteroatoms. The molecule has 1 unspecified atom stereocenters. The Labute approximate surface area is 210 Å². The number of carbonyl (C=O) groups is 1. The summed E-state index contributed by atoms with van der Waals surface area (Å²) in [5, 5.41) is 24.2. The first-order chi connectivity index (χ1) is 17.0. The molecular formula is C26H30N6O3Si. The van der Waals surface area contributed by atoms with Crippen molar-refractivity contribution in [1.29, 1.82) is 0 Å². The van der Waals surface area contributed by atoms with Gasteiger partial charge in [0.25, 0.3) is 5.91 Å². The molecule has 9 nitrogen and oxygen atoms in total. The Hall–Kier alpha value is -3.78. The molecule has 4 aromatic rings. The standard InChI is InChI=1S/C26H30N6O3Si/c1-26(34,23-17-31(30-28-23)18-35-14-15-36(2,3)4)13-12-19-8-7-9-20(16-19)32-22-11-6-5-10-21(22)24(29-32)25(27)33/h5-11,16-17,34H,14-15,18H2,1-4H3,(H2,27,33). The minimum absolute atomic E-state index is 0.206.